The van der Waals surface area contributed by atoms with Crippen molar-refractivity contribution in [1.82, 2.24) is 0 Å². The summed E-state index contributed by atoms with van der Waals surface area (Å²) in [5.74, 6) is 0.598. The molecule has 0 N–H and O–H groups in total. The van der Waals surface area contributed by atoms with E-state index in [0.29, 0.717) is 18.6 Å². The molecule has 0 aliphatic carbocycles. The van der Waals surface area contributed by atoms with Gasteiger partial charge < -0.3 is 9.47 Å². The van der Waals surface area contributed by atoms with Crippen molar-refractivity contribution >= 4 is 16.9 Å². The molecule has 4 aromatic carbocycles. The van der Waals surface area contributed by atoms with Gasteiger partial charge in [0.25, 0.3) is 0 Å². The second-order valence-corrected chi connectivity index (χ2v) is 12.0. The fraction of sp³-hybridized carbons (Fsp3) is 0.235. The summed E-state index contributed by atoms with van der Waals surface area (Å²) in [6, 6.07) is 34.9. The summed E-state index contributed by atoms with van der Waals surface area (Å²) in [7, 11) is -0.217. The second kappa shape index (κ2) is 12.7. The highest BCUT2D eigenvalue weighted by Crippen LogP contribution is 2.35. The highest BCUT2D eigenvalue weighted by atomic mass is 32.2. The van der Waals surface area contributed by atoms with Crippen LogP contribution in [-0.4, -0.2) is 12.6 Å². The first-order valence-electron chi connectivity index (χ1n) is 13.1. The summed E-state index contributed by atoms with van der Waals surface area (Å²) in [6.07, 6.45) is 0.822. The zero-order chi connectivity index (χ0) is 27.8. The quantitative estimate of drug-likeness (QED) is 0.117. The van der Waals surface area contributed by atoms with E-state index in [1.165, 1.54) is 14.7 Å². The largest absolute Gasteiger partial charge is 0.493 e. The first kappa shape index (κ1) is 28.0. The van der Waals surface area contributed by atoms with E-state index in [2.05, 4.69) is 80.6 Å². The topological polar surface area (TPSA) is 59.3 Å². The summed E-state index contributed by atoms with van der Waals surface area (Å²) >= 11 is 0. The molecule has 0 spiro atoms. The van der Waals surface area contributed by atoms with Crippen LogP contribution < -0.4 is 4.74 Å². The van der Waals surface area contributed by atoms with Gasteiger partial charge in [-0.2, -0.15) is 5.26 Å². The number of rotatable bonds is 10. The van der Waals surface area contributed by atoms with Gasteiger partial charge in [-0.15, -0.1) is 0 Å². The van der Waals surface area contributed by atoms with Gasteiger partial charge in [0.2, 0.25) is 0 Å². The number of esters is 1. The molecule has 5 heteroatoms. The lowest BCUT2D eigenvalue weighted by Crippen LogP contribution is -2.25. The minimum Gasteiger partial charge on any atom is -0.493 e. The van der Waals surface area contributed by atoms with Crippen LogP contribution in [0.1, 0.15) is 48.9 Å². The lowest BCUT2D eigenvalue weighted by molar-refractivity contribution is -0.157. The standard InChI is InChI=1S/C34H34NO3S/c1-25-22-31(39(29-12-7-5-8-13-29)30-14-9-6-10-15-30)23-26(2)33(25)37-21-11-16-32(36)38-34(3,4)28-19-17-27(24-35)18-20-28/h5-10,12-15,17-20,22-23H,11,16,21H2,1-4H3/q+1. The van der Waals surface area contributed by atoms with Gasteiger partial charge in [0.05, 0.1) is 29.1 Å². The van der Waals surface area contributed by atoms with Crippen molar-refractivity contribution in [3.05, 3.63) is 119 Å². The number of nitrogens with zero attached hydrogens (tertiary/aromatic N) is 1. The molecule has 0 heterocycles. The Hall–Kier alpha value is -4.01. The van der Waals surface area contributed by atoms with Crippen molar-refractivity contribution in [3.63, 3.8) is 0 Å². The molecule has 0 radical (unpaired) electrons. The highest BCUT2D eigenvalue weighted by molar-refractivity contribution is 7.97. The van der Waals surface area contributed by atoms with Gasteiger partial charge in [-0.3, -0.25) is 4.79 Å². The Balaban J connectivity index is 1.39. The van der Waals surface area contributed by atoms with Crippen LogP contribution in [0.4, 0.5) is 0 Å². The van der Waals surface area contributed by atoms with E-state index in [9.17, 15) is 4.79 Å². The van der Waals surface area contributed by atoms with Gasteiger partial charge in [-0.25, -0.2) is 0 Å². The molecule has 198 valence electrons. The van der Waals surface area contributed by atoms with Crippen LogP contribution >= 0.6 is 0 Å². The molecule has 4 rings (SSSR count). The predicted molar refractivity (Wildman–Crippen MR) is 156 cm³/mol. The van der Waals surface area contributed by atoms with Gasteiger partial charge in [0, 0.05) is 18.6 Å². The second-order valence-electron chi connectivity index (χ2n) is 9.94. The predicted octanol–water partition coefficient (Wildman–Crippen LogP) is 7.91. The lowest BCUT2D eigenvalue weighted by atomic mass is 9.97. The Morgan fingerprint density at radius 2 is 1.36 bits per heavy atom. The first-order chi connectivity index (χ1) is 18.8. The molecule has 0 saturated carbocycles. The fourth-order valence-corrected chi connectivity index (χ4v) is 6.77. The van der Waals surface area contributed by atoms with Crippen molar-refractivity contribution in [2.45, 2.75) is 60.8 Å². The number of hydrogen-bond acceptors (Lipinski definition) is 4. The number of carbonyl (C=O) groups is 1. The SMILES string of the molecule is Cc1cc([S+](c2ccccc2)c2ccccc2)cc(C)c1OCCCC(=O)OC(C)(C)c1ccc(C#N)cc1. The summed E-state index contributed by atoms with van der Waals surface area (Å²) in [5.41, 5.74) is 2.82. The van der Waals surface area contributed by atoms with Crippen molar-refractivity contribution in [1.29, 1.82) is 5.26 Å². The molecule has 0 aromatic heterocycles. The highest BCUT2D eigenvalue weighted by Gasteiger charge is 2.30. The maximum Gasteiger partial charge on any atom is 0.306 e. The molecule has 4 aromatic rings. The zero-order valence-corrected chi connectivity index (χ0v) is 23.8. The van der Waals surface area contributed by atoms with Crippen LogP contribution in [0.15, 0.2) is 112 Å². The minimum absolute atomic E-state index is 0.217. The van der Waals surface area contributed by atoms with Gasteiger partial charge in [0.1, 0.15) is 11.4 Å². The monoisotopic (exact) mass is 536 g/mol. The van der Waals surface area contributed by atoms with Crippen molar-refractivity contribution < 1.29 is 14.3 Å². The summed E-state index contributed by atoms with van der Waals surface area (Å²) < 4.78 is 11.9. The van der Waals surface area contributed by atoms with E-state index < -0.39 is 5.60 Å². The normalized spacial score (nSPS) is 11.2. The number of benzene rings is 4. The van der Waals surface area contributed by atoms with Crippen LogP contribution in [-0.2, 0) is 26.0 Å². The van der Waals surface area contributed by atoms with Crippen molar-refractivity contribution in [2.24, 2.45) is 0 Å². The Morgan fingerprint density at radius 3 is 1.87 bits per heavy atom. The van der Waals surface area contributed by atoms with Gasteiger partial charge in [-0.1, -0.05) is 48.5 Å². The lowest BCUT2D eigenvalue weighted by Gasteiger charge is -2.25. The number of ether oxygens (including phenoxy) is 2. The van der Waals surface area contributed by atoms with Gasteiger partial charge in [0.15, 0.2) is 14.7 Å². The number of nitriles is 1. The third-order valence-corrected chi connectivity index (χ3v) is 8.67. The van der Waals surface area contributed by atoms with E-state index in [0.717, 1.165) is 22.4 Å². The molecular weight excluding hydrogens is 502 g/mol. The maximum atomic E-state index is 12.6. The number of aryl methyl sites for hydroxylation is 2. The zero-order valence-electron chi connectivity index (χ0n) is 22.9. The van der Waals surface area contributed by atoms with Crippen LogP contribution in [0.2, 0.25) is 0 Å². The summed E-state index contributed by atoms with van der Waals surface area (Å²) in [4.78, 5) is 16.4. The molecule has 0 amide bonds. The molecule has 0 atom stereocenters. The molecule has 0 aliphatic heterocycles. The Morgan fingerprint density at radius 1 is 0.821 bits per heavy atom. The van der Waals surface area contributed by atoms with E-state index in [4.69, 9.17) is 14.7 Å². The molecule has 0 saturated heterocycles. The molecule has 0 aliphatic rings. The summed E-state index contributed by atoms with van der Waals surface area (Å²) in [5, 5.41) is 9.00. The number of carbonyl (C=O) groups excluding carboxylic acids is 1. The van der Waals surface area contributed by atoms with Gasteiger partial charge >= 0.3 is 5.97 Å². The first-order valence-corrected chi connectivity index (χ1v) is 14.3. The van der Waals surface area contributed by atoms with Crippen LogP contribution in [0.3, 0.4) is 0 Å². The molecule has 4 nitrogen and oxygen atoms in total. The fourth-order valence-electron chi connectivity index (χ4n) is 4.51. The molecule has 0 fully saturated rings. The smallest absolute Gasteiger partial charge is 0.306 e. The third-order valence-electron chi connectivity index (χ3n) is 6.48. The van der Waals surface area contributed by atoms with E-state index in [1.54, 1.807) is 12.1 Å². The van der Waals surface area contributed by atoms with Crippen LogP contribution in [0.5, 0.6) is 5.75 Å². The molecule has 0 unspecified atom stereocenters. The molecule has 0 bridgehead atoms. The summed E-state index contributed by atoms with van der Waals surface area (Å²) in [6.45, 7) is 8.30. The average Bonchev–Trinajstić information content (AvgIpc) is 2.93. The Labute approximate surface area is 234 Å². The van der Waals surface area contributed by atoms with E-state index in [1.807, 2.05) is 38.1 Å². The van der Waals surface area contributed by atoms with E-state index in [-0.39, 0.29) is 23.3 Å². The molecule has 39 heavy (non-hydrogen) atoms. The number of hydrogen-bond donors (Lipinski definition) is 0. The maximum absolute atomic E-state index is 12.6. The molecular formula is C34H34NO3S+. The van der Waals surface area contributed by atoms with Gasteiger partial charge in [-0.05, 0) is 87.2 Å². The minimum atomic E-state index is -0.774. The third kappa shape index (κ3) is 7.10. The van der Waals surface area contributed by atoms with E-state index >= 15 is 0 Å². The average molecular weight is 537 g/mol. The van der Waals surface area contributed by atoms with Crippen LogP contribution in [0, 0.1) is 25.2 Å². The van der Waals surface area contributed by atoms with Crippen molar-refractivity contribution in [2.75, 3.05) is 6.61 Å². The van der Waals surface area contributed by atoms with Crippen LogP contribution in [0.25, 0.3) is 0 Å². The van der Waals surface area contributed by atoms with Crippen molar-refractivity contribution in [3.8, 4) is 11.8 Å². The Kier molecular flexibility index (Phi) is 9.11. The Bertz CT molecular complexity index is 1380.